The third-order valence-corrected chi connectivity index (χ3v) is 8.11. The van der Waals surface area contributed by atoms with Gasteiger partial charge in [0, 0.05) is 12.5 Å². The number of aliphatic hydroxyl groups excluding tert-OH is 2. The van der Waals surface area contributed by atoms with Crippen LogP contribution in [0.1, 0.15) is 106 Å². The summed E-state index contributed by atoms with van der Waals surface area (Å²) in [6, 6.07) is 0. The number of aliphatic hydroxyl groups is 3. The van der Waals surface area contributed by atoms with Gasteiger partial charge in [0.2, 0.25) is 0 Å². The molecule has 0 unspecified atom stereocenters. The van der Waals surface area contributed by atoms with E-state index in [4.69, 9.17) is 9.47 Å². The highest BCUT2D eigenvalue weighted by Gasteiger charge is 2.42. The average Bonchev–Trinajstić information content (AvgIpc) is 3.33. The monoisotopic (exact) mass is 566 g/mol. The topological polar surface area (TPSA) is 157 Å². The molecule has 1 aromatic rings. The molecule has 11 heteroatoms. The molecule has 0 saturated carbocycles. The normalized spacial score (nSPS) is 31.6. The van der Waals surface area contributed by atoms with Crippen molar-refractivity contribution in [2.75, 3.05) is 6.61 Å². The minimum absolute atomic E-state index is 0.170. The van der Waals surface area contributed by atoms with E-state index in [-0.39, 0.29) is 24.9 Å². The molecule has 0 amide bonds. The molecule has 0 spiro atoms. The number of carbonyl (C=O) groups is 2. The molecule has 0 bridgehead atoms. The van der Waals surface area contributed by atoms with E-state index in [2.05, 4.69) is 22.3 Å². The van der Waals surface area contributed by atoms with Crippen molar-refractivity contribution in [2.24, 2.45) is 17.3 Å². The standard InChI is InChI=1S/C29H50N4O7/c1-8-9-15-39-18-33-31-24(30-32-33)16-20(3)22-12-14-29(7,38)13-10-11-19(2)26(36)21(4)27(37)28(5,6)23(34)17-25(35)40-22/h16,19,21-23,26,34,36,38H,8-15,17-18H2,1-7H3/b20-16+/t19-,21+,22-,23-,26-,29+/m0/s1. The maximum atomic E-state index is 13.3. The molecular formula is C29H50N4O7. The number of ether oxygens (including phenoxy) is 2. The van der Waals surface area contributed by atoms with E-state index in [0.717, 1.165) is 12.8 Å². The second kappa shape index (κ2) is 15.1. The number of carbonyl (C=O) groups excluding carboxylic acids is 2. The Morgan fingerprint density at radius 2 is 1.88 bits per heavy atom. The molecule has 0 radical (unpaired) electrons. The van der Waals surface area contributed by atoms with Crippen molar-refractivity contribution in [3.63, 3.8) is 0 Å². The summed E-state index contributed by atoms with van der Waals surface area (Å²) in [5.41, 5.74) is -1.62. The maximum absolute atomic E-state index is 13.3. The number of Topliss-reactive ketones (excluding diaryl/α,β-unsaturated/α-hetero) is 1. The van der Waals surface area contributed by atoms with Gasteiger partial charge in [0.05, 0.1) is 29.6 Å². The smallest absolute Gasteiger partial charge is 0.309 e. The molecule has 2 heterocycles. The van der Waals surface area contributed by atoms with Gasteiger partial charge in [0.1, 0.15) is 11.9 Å². The van der Waals surface area contributed by atoms with Crippen LogP contribution < -0.4 is 0 Å². The molecule has 1 saturated heterocycles. The van der Waals surface area contributed by atoms with Gasteiger partial charge in [-0.05, 0) is 68.7 Å². The van der Waals surface area contributed by atoms with Crippen molar-refractivity contribution >= 4 is 17.8 Å². The maximum Gasteiger partial charge on any atom is 0.309 e. The molecule has 3 N–H and O–H groups in total. The van der Waals surface area contributed by atoms with Crippen LogP contribution in [0.2, 0.25) is 0 Å². The van der Waals surface area contributed by atoms with E-state index < -0.39 is 41.2 Å². The number of hydrogen-bond acceptors (Lipinski definition) is 10. The molecule has 1 aliphatic heterocycles. The zero-order chi connectivity index (χ0) is 30.1. The van der Waals surface area contributed by atoms with Gasteiger partial charge in [0.25, 0.3) is 0 Å². The third kappa shape index (κ3) is 10.0. The number of rotatable bonds is 7. The van der Waals surface area contributed by atoms with Crippen LogP contribution >= 0.6 is 0 Å². The van der Waals surface area contributed by atoms with E-state index in [1.54, 1.807) is 40.7 Å². The first-order chi connectivity index (χ1) is 18.7. The summed E-state index contributed by atoms with van der Waals surface area (Å²) in [5, 5.41) is 45.1. The fourth-order valence-corrected chi connectivity index (χ4v) is 5.00. The number of ketones is 1. The molecule has 0 aliphatic carbocycles. The minimum atomic E-state index is -1.30. The largest absolute Gasteiger partial charge is 0.458 e. The highest BCUT2D eigenvalue weighted by molar-refractivity contribution is 5.88. The summed E-state index contributed by atoms with van der Waals surface area (Å²) in [7, 11) is 0. The number of aromatic nitrogens is 4. The Balaban J connectivity index is 2.26. The van der Waals surface area contributed by atoms with Gasteiger partial charge >= 0.3 is 5.97 Å². The molecule has 1 aromatic heterocycles. The van der Waals surface area contributed by atoms with Gasteiger partial charge in [-0.15, -0.1) is 15.0 Å². The number of tetrazole rings is 1. The number of unbranched alkanes of at least 4 members (excludes halogenated alkanes) is 1. The van der Waals surface area contributed by atoms with Crippen LogP contribution in [0.4, 0.5) is 0 Å². The van der Waals surface area contributed by atoms with Crippen molar-refractivity contribution < 1.29 is 34.4 Å². The molecule has 1 fully saturated rings. The van der Waals surface area contributed by atoms with Crippen LogP contribution in [0.15, 0.2) is 5.57 Å². The number of hydrogen-bond donors (Lipinski definition) is 3. The lowest BCUT2D eigenvalue weighted by Crippen LogP contribution is -2.45. The molecule has 11 nitrogen and oxygen atoms in total. The predicted molar refractivity (Wildman–Crippen MR) is 150 cm³/mol. The first-order valence-corrected chi connectivity index (χ1v) is 14.5. The van der Waals surface area contributed by atoms with Gasteiger partial charge in [-0.2, -0.15) is 0 Å². The number of esters is 1. The van der Waals surface area contributed by atoms with Crippen molar-refractivity contribution in [3.05, 3.63) is 11.4 Å². The summed E-state index contributed by atoms with van der Waals surface area (Å²) in [6.07, 6.45) is 2.85. The van der Waals surface area contributed by atoms with Crippen molar-refractivity contribution in [3.8, 4) is 0 Å². The summed E-state index contributed by atoms with van der Waals surface area (Å²) in [4.78, 5) is 27.6. The lowest BCUT2D eigenvalue weighted by molar-refractivity contribution is -0.155. The molecule has 6 atom stereocenters. The van der Waals surface area contributed by atoms with E-state index in [1.807, 2.05) is 6.92 Å². The number of nitrogens with zero attached hydrogens (tertiary/aromatic N) is 4. The molecule has 40 heavy (non-hydrogen) atoms. The highest BCUT2D eigenvalue weighted by atomic mass is 16.5. The molecule has 228 valence electrons. The molecular weight excluding hydrogens is 516 g/mol. The van der Waals surface area contributed by atoms with Gasteiger partial charge < -0.3 is 24.8 Å². The second-order valence-corrected chi connectivity index (χ2v) is 12.3. The predicted octanol–water partition coefficient (Wildman–Crippen LogP) is 3.46. The van der Waals surface area contributed by atoms with Gasteiger partial charge in [-0.1, -0.05) is 47.5 Å². The van der Waals surface area contributed by atoms with E-state index in [1.165, 1.54) is 4.80 Å². The van der Waals surface area contributed by atoms with Crippen LogP contribution in [0, 0.1) is 17.3 Å². The van der Waals surface area contributed by atoms with E-state index in [0.29, 0.717) is 50.1 Å². The Hall–Kier alpha value is -2.21. The van der Waals surface area contributed by atoms with Gasteiger partial charge in [-0.3, -0.25) is 9.59 Å². The average molecular weight is 567 g/mol. The summed E-state index contributed by atoms with van der Waals surface area (Å²) >= 11 is 0. The molecule has 0 aromatic carbocycles. The molecule has 1 aliphatic rings. The van der Waals surface area contributed by atoms with Gasteiger partial charge in [0.15, 0.2) is 12.6 Å². The lowest BCUT2D eigenvalue weighted by Gasteiger charge is -2.35. The lowest BCUT2D eigenvalue weighted by atomic mass is 9.73. The summed E-state index contributed by atoms with van der Waals surface area (Å²) in [5.74, 6) is -1.54. The zero-order valence-corrected chi connectivity index (χ0v) is 25.3. The Morgan fingerprint density at radius 1 is 1.18 bits per heavy atom. The van der Waals surface area contributed by atoms with Crippen LogP contribution in [0.3, 0.4) is 0 Å². The fourth-order valence-electron chi connectivity index (χ4n) is 5.00. The fraction of sp³-hybridized carbons (Fsp3) is 0.828. The quantitative estimate of drug-likeness (QED) is 0.330. The van der Waals surface area contributed by atoms with Gasteiger partial charge in [-0.25, -0.2) is 0 Å². The Labute approximate surface area is 238 Å². The van der Waals surface area contributed by atoms with Crippen LogP contribution in [-0.4, -0.2) is 77.8 Å². The molecule has 2 rings (SSSR count). The Kier molecular flexibility index (Phi) is 12.9. The summed E-state index contributed by atoms with van der Waals surface area (Å²) < 4.78 is 11.3. The van der Waals surface area contributed by atoms with Crippen LogP contribution in [0.5, 0.6) is 0 Å². The second-order valence-electron chi connectivity index (χ2n) is 12.3. The summed E-state index contributed by atoms with van der Waals surface area (Å²) in [6.45, 7) is 13.1. The van der Waals surface area contributed by atoms with Crippen molar-refractivity contribution in [2.45, 2.75) is 130 Å². The van der Waals surface area contributed by atoms with Crippen LogP contribution in [-0.2, 0) is 25.8 Å². The first-order valence-electron chi connectivity index (χ1n) is 14.5. The minimum Gasteiger partial charge on any atom is -0.458 e. The van der Waals surface area contributed by atoms with Crippen molar-refractivity contribution in [1.29, 1.82) is 0 Å². The van der Waals surface area contributed by atoms with Crippen molar-refractivity contribution in [1.82, 2.24) is 20.2 Å². The van der Waals surface area contributed by atoms with E-state index >= 15 is 0 Å². The third-order valence-electron chi connectivity index (χ3n) is 8.11. The van der Waals surface area contributed by atoms with Crippen LogP contribution in [0.25, 0.3) is 6.08 Å². The SMILES string of the molecule is CCCCOCn1nnc(/C=C(\C)[C@@H]2CC[C@](C)(O)CCC[C@H](C)[C@H](O)[C@@H](C)C(=O)C(C)(C)[C@@H](O)CC(=O)O2)n1. The Bertz CT molecular complexity index is 991. The first kappa shape index (κ1) is 34.0. The van der Waals surface area contributed by atoms with E-state index in [9.17, 15) is 24.9 Å². The highest BCUT2D eigenvalue weighted by Crippen LogP contribution is 2.33. The number of cyclic esters (lactones) is 1. The zero-order valence-electron chi connectivity index (χ0n) is 25.3. The Morgan fingerprint density at radius 3 is 2.55 bits per heavy atom.